The summed E-state index contributed by atoms with van der Waals surface area (Å²) in [6.45, 7) is 0. The van der Waals surface area contributed by atoms with Crippen LogP contribution in [0.2, 0.25) is 0 Å². The van der Waals surface area contributed by atoms with Gasteiger partial charge in [0.15, 0.2) is 0 Å². The van der Waals surface area contributed by atoms with Crippen molar-refractivity contribution in [1.82, 2.24) is 14.5 Å². The molecule has 0 aliphatic heterocycles. The second-order valence-electron chi connectivity index (χ2n) is 12.9. The van der Waals surface area contributed by atoms with Crippen LogP contribution in [0.4, 0.5) is 0 Å². The molecule has 2 aromatic heterocycles. The molecule has 7 aromatic carbocycles. The normalized spacial score (nSPS) is 13.0. The molecule has 2 heterocycles. The zero-order valence-electron chi connectivity index (χ0n) is 27.2. The van der Waals surface area contributed by atoms with Crippen molar-refractivity contribution in [2.75, 3.05) is 0 Å². The smallest absolute Gasteiger partial charge is 0.235 e. The first-order chi connectivity index (χ1) is 24.8. The molecule has 0 fully saturated rings. The van der Waals surface area contributed by atoms with Crippen LogP contribution in [0.3, 0.4) is 0 Å². The molecule has 234 valence electrons. The van der Waals surface area contributed by atoms with Crippen LogP contribution in [0, 0.1) is 0 Å². The average molecular weight is 638 g/mol. The van der Waals surface area contributed by atoms with Crippen molar-refractivity contribution < 1.29 is 0 Å². The second-order valence-corrected chi connectivity index (χ2v) is 12.9. The van der Waals surface area contributed by atoms with Crippen LogP contribution in [0.5, 0.6) is 0 Å². The van der Waals surface area contributed by atoms with E-state index >= 15 is 0 Å². The third-order valence-corrected chi connectivity index (χ3v) is 10.3. The number of hydrogen-bond donors (Lipinski definition) is 0. The van der Waals surface area contributed by atoms with E-state index in [-0.39, 0.29) is 0 Å². The van der Waals surface area contributed by atoms with Gasteiger partial charge in [0, 0.05) is 27.5 Å². The molecule has 50 heavy (non-hydrogen) atoms. The van der Waals surface area contributed by atoms with Gasteiger partial charge in [0.1, 0.15) is 0 Å². The number of para-hydroxylation sites is 1. The molecule has 10 rings (SSSR count). The molecule has 0 bridgehead atoms. The highest BCUT2D eigenvalue weighted by Crippen LogP contribution is 2.58. The molecule has 0 amide bonds. The third kappa shape index (κ3) is 4.10. The highest BCUT2D eigenvalue weighted by molar-refractivity contribution is 6.16. The summed E-state index contributed by atoms with van der Waals surface area (Å²) >= 11 is 0. The Hall–Kier alpha value is -6.58. The first-order valence-corrected chi connectivity index (χ1v) is 17.1. The fourth-order valence-corrected chi connectivity index (χ4v) is 8.24. The summed E-state index contributed by atoms with van der Waals surface area (Å²) in [6.07, 6.45) is 0. The maximum Gasteiger partial charge on any atom is 0.235 e. The van der Waals surface area contributed by atoms with E-state index in [1.165, 1.54) is 44.2 Å². The van der Waals surface area contributed by atoms with Gasteiger partial charge < -0.3 is 0 Å². The van der Waals surface area contributed by atoms with E-state index in [9.17, 15) is 0 Å². The van der Waals surface area contributed by atoms with Crippen molar-refractivity contribution in [2.45, 2.75) is 5.41 Å². The van der Waals surface area contributed by atoms with Gasteiger partial charge in [-0.05, 0) is 39.9 Å². The van der Waals surface area contributed by atoms with Crippen LogP contribution < -0.4 is 0 Å². The summed E-state index contributed by atoms with van der Waals surface area (Å²) in [6, 6.07) is 67.2. The number of hydrogen-bond acceptors (Lipinski definition) is 2. The van der Waals surface area contributed by atoms with Crippen molar-refractivity contribution in [3.63, 3.8) is 0 Å². The summed E-state index contributed by atoms with van der Waals surface area (Å²) in [4.78, 5) is 10.7. The number of fused-ring (bicyclic) bond motifs is 7. The van der Waals surface area contributed by atoms with Crippen LogP contribution in [-0.2, 0) is 5.41 Å². The summed E-state index contributed by atoms with van der Waals surface area (Å²) < 4.78 is 2.31. The molecule has 1 aliphatic rings. The first kappa shape index (κ1) is 28.4. The lowest BCUT2D eigenvalue weighted by atomic mass is 9.67. The summed E-state index contributed by atoms with van der Waals surface area (Å²) in [7, 11) is 0. The predicted octanol–water partition coefficient (Wildman–Crippen LogP) is 11.3. The third-order valence-electron chi connectivity index (χ3n) is 10.3. The summed E-state index contributed by atoms with van der Waals surface area (Å²) in [5.41, 5.74) is 13.0. The minimum Gasteiger partial charge on any atom is -0.277 e. The van der Waals surface area contributed by atoms with Gasteiger partial charge in [-0.1, -0.05) is 176 Å². The van der Waals surface area contributed by atoms with Crippen molar-refractivity contribution in [3.8, 4) is 39.6 Å². The minimum atomic E-state index is -0.508. The Morgan fingerprint density at radius 2 is 0.940 bits per heavy atom. The van der Waals surface area contributed by atoms with E-state index in [1.807, 2.05) is 12.1 Å². The van der Waals surface area contributed by atoms with Crippen molar-refractivity contribution in [2.24, 2.45) is 0 Å². The van der Waals surface area contributed by atoms with Gasteiger partial charge in [-0.2, -0.15) is 0 Å². The van der Waals surface area contributed by atoms with Gasteiger partial charge in [-0.25, -0.2) is 9.97 Å². The molecule has 0 unspecified atom stereocenters. The SMILES string of the molecule is c1ccc(-c2cc(-c3ccccc3)nc(-n3c4ccccc4c4ccc5c(c43)-c3ccccc3C5(c3ccccc3)c3ccccc3)n2)cc1. The lowest BCUT2D eigenvalue weighted by Crippen LogP contribution is -2.28. The van der Waals surface area contributed by atoms with E-state index in [4.69, 9.17) is 9.97 Å². The highest BCUT2D eigenvalue weighted by Gasteiger charge is 2.47. The fourth-order valence-electron chi connectivity index (χ4n) is 8.24. The van der Waals surface area contributed by atoms with Crippen LogP contribution in [0.15, 0.2) is 188 Å². The Balaban J connectivity index is 1.37. The highest BCUT2D eigenvalue weighted by atomic mass is 15.2. The Labute approximate surface area is 290 Å². The molecule has 0 N–H and O–H groups in total. The molecule has 0 saturated carbocycles. The zero-order valence-corrected chi connectivity index (χ0v) is 27.2. The van der Waals surface area contributed by atoms with Crippen molar-refractivity contribution in [1.29, 1.82) is 0 Å². The predicted molar refractivity (Wildman–Crippen MR) is 205 cm³/mol. The van der Waals surface area contributed by atoms with Gasteiger partial charge in [0.05, 0.1) is 27.8 Å². The van der Waals surface area contributed by atoms with Crippen molar-refractivity contribution in [3.05, 3.63) is 210 Å². The fraction of sp³-hybridized carbons (Fsp3) is 0.0213. The Morgan fingerprint density at radius 3 is 1.56 bits per heavy atom. The molecule has 0 spiro atoms. The first-order valence-electron chi connectivity index (χ1n) is 17.1. The number of rotatable bonds is 5. The Kier molecular flexibility index (Phi) is 6.40. The lowest BCUT2D eigenvalue weighted by Gasteiger charge is -2.33. The van der Waals surface area contributed by atoms with Crippen LogP contribution in [-0.4, -0.2) is 14.5 Å². The van der Waals surface area contributed by atoms with Crippen LogP contribution >= 0.6 is 0 Å². The molecule has 0 radical (unpaired) electrons. The molecule has 1 aliphatic carbocycles. The molecule has 0 atom stereocenters. The van der Waals surface area contributed by atoms with E-state index in [1.54, 1.807) is 0 Å². The molecular formula is C47H31N3. The van der Waals surface area contributed by atoms with Crippen LogP contribution in [0.25, 0.3) is 61.4 Å². The van der Waals surface area contributed by atoms with Gasteiger partial charge in [0.25, 0.3) is 0 Å². The second kappa shape index (κ2) is 11.3. The maximum atomic E-state index is 5.36. The van der Waals surface area contributed by atoms with E-state index in [0.717, 1.165) is 33.5 Å². The largest absolute Gasteiger partial charge is 0.277 e. The van der Waals surface area contributed by atoms with Gasteiger partial charge in [-0.15, -0.1) is 0 Å². The monoisotopic (exact) mass is 637 g/mol. The number of nitrogens with zero attached hydrogens (tertiary/aromatic N) is 3. The average Bonchev–Trinajstić information content (AvgIpc) is 3.70. The molecule has 9 aromatic rings. The summed E-state index contributed by atoms with van der Waals surface area (Å²) in [5, 5.41) is 2.36. The van der Waals surface area contributed by atoms with Crippen LogP contribution in [0.1, 0.15) is 22.3 Å². The Bertz CT molecular complexity index is 2580. The molecule has 3 nitrogen and oxygen atoms in total. The van der Waals surface area contributed by atoms with Gasteiger partial charge >= 0.3 is 0 Å². The van der Waals surface area contributed by atoms with Gasteiger partial charge in [-0.3, -0.25) is 4.57 Å². The zero-order chi connectivity index (χ0) is 33.1. The quantitative estimate of drug-likeness (QED) is 0.188. The van der Waals surface area contributed by atoms with E-state index < -0.39 is 5.41 Å². The number of benzene rings is 7. The summed E-state index contributed by atoms with van der Waals surface area (Å²) in [5.74, 6) is 0.652. The molecular weight excluding hydrogens is 607 g/mol. The van der Waals surface area contributed by atoms with E-state index in [2.05, 4.69) is 180 Å². The number of aromatic nitrogens is 3. The maximum absolute atomic E-state index is 5.36. The molecule has 3 heteroatoms. The standard InChI is InChI=1S/C47H31N3/c1-5-17-32(18-6-1)41-31-42(33-19-7-2-8-20-33)49-46(48-41)50-43-28-16-14-25-36(43)37-29-30-40-44(45(37)50)38-26-13-15-27-39(38)47(40,34-21-9-3-10-22-34)35-23-11-4-12-24-35/h1-31H. The van der Waals surface area contributed by atoms with E-state index in [0.29, 0.717) is 5.95 Å². The van der Waals surface area contributed by atoms with Crippen molar-refractivity contribution >= 4 is 21.8 Å². The topological polar surface area (TPSA) is 30.7 Å². The molecule has 0 saturated heterocycles. The lowest BCUT2D eigenvalue weighted by molar-refractivity contribution is 0.769. The minimum absolute atomic E-state index is 0.508. The van der Waals surface area contributed by atoms with Gasteiger partial charge in [0.2, 0.25) is 5.95 Å². The Morgan fingerprint density at radius 1 is 0.420 bits per heavy atom.